The van der Waals surface area contributed by atoms with E-state index in [1.807, 2.05) is 0 Å². The molecule has 2 aliphatic rings. The van der Waals surface area contributed by atoms with Gasteiger partial charge in [0.05, 0.1) is 6.61 Å². The van der Waals surface area contributed by atoms with Crippen molar-refractivity contribution in [3.8, 4) is 11.5 Å². The van der Waals surface area contributed by atoms with Crippen molar-refractivity contribution >= 4 is 11.8 Å². The molecular formula is C16H20N2O4. The molecule has 6 heteroatoms. The molecule has 1 saturated heterocycles. The summed E-state index contributed by atoms with van der Waals surface area (Å²) in [6.45, 7) is 1.03. The number of benzene rings is 1. The van der Waals surface area contributed by atoms with Gasteiger partial charge in [0.2, 0.25) is 5.91 Å². The van der Waals surface area contributed by atoms with Crippen molar-refractivity contribution in [1.82, 2.24) is 10.6 Å². The number of carbonyl (C=O) groups excluding carboxylic acids is 2. The quantitative estimate of drug-likeness (QED) is 0.762. The molecule has 3 rings (SSSR count). The van der Waals surface area contributed by atoms with Gasteiger partial charge in [0.25, 0.3) is 5.91 Å². The maximum atomic E-state index is 12.2. The Labute approximate surface area is 128 Å². The summed E-state index contributed by atoms with van der Waals surface area (Å²) in [5.41, 5.74) is 0.445. The number of amides is 2. The Balaban J connectivity index is 1.61. The first kappa shape index (κ1) is 14.7. The van der Waals surface area contributed by atoms with Crippen molar-refractivity contribution in [3.05, 3.63) is 23.8 Å². The van der Waals surface area contributed by atoms with Crippen LogP contribution in [0.25, 0.3) is 0 Å². The largest absolute Gasteiger partial charge is 0.504 e. The van der Waals surface area contributed by atoms with Crippen molar-refractivity contribution in [1.29, 1.82) is 0 Å². The van der Waals surface area contributed by atoms with Gasteiger partial charge >= 0.3 is 0 Å². The number of ether oxygens (including phenoxy) is 1. The van der Waals surface area contributed by atoms with Crippen LogP contribution in [0, 0.1) is 5.92 Å². The summed E-state index contributed by atoms with van der Waals surface area (Å²) in [5.74, 6) is 0.754. The summed E-state index contributed by atoms with van der Waals surface area (Å²) in [6.07, 6.45) is 3.39. The Morgan fingerprint density at radius 2 is 2.18 bits per heavy atom. The van der Waals surface area contributed by atoms with Crippen molar-refractivity contribution < 1.29 is 19.4 Å². The Morgan fingerprint density at radius 3 is 2.86 bits per heavy atom. The van der Waals surface area contributed by atoms with E-state index < -0.39 is 0 Å². The van der Waals surface area contributed by atoms with Crippen LogP contribution >= 0.6 is 0 Å². The Morgan fingerprint density at radius 1 is 1.36 bits per heavy atom. The standard InChI is InChI=1S/C16H20N2O4/c19-13-5-3-11(7-14(13)22-9-10-1-2-10)16(21)18-12-4-6-15(20)17-8-12/h3,5,7,10,12,19H,1-2,4,6,8-9H2,(H,17,20)(H,18,21)/t12-/m0/s1. The Bertz CT molecular complexity index is 574. The van der Waals surface area contributed by atoms with E-state index in [-0.39, 0.29) is 23.6 Å². The number of hydrogen-bond donors (Lipinski definition) is 3. The van der Waals surface area contributed by atoms with Crippen LogP contribution in [-0.4, -0.2) is 36.1 Å². The SMILES string of the molecule is O=C1CC[C@H](NC(=O)c2ccc(O)c(OCC3CC3)c2)CN1. The number of phenols is 1. The van der Waals surface area contributed by atoms with E-state index in [1.165, 1.54) is 6.07 Å². The monoisotopic (exact) mass is 304 g/mol. The number of rotatable bonds is 5. The predicted molar refractivity (Wildman–Crippen MR) is 79.8 cm³/mol. The second kappa shape index (κ2) is 6.25. The van der Waals surface area contributed by atoms with E-state index >= 15 is 0 Å². The fourth-order valence-electron chi connectivity index (χ4n) is 2.39. The maximum absolute atomic E-state index is 12.2. The lowest BCUT2D eigenvalue weighted by molar-refractivity contribution is -0.122. The first-order chi connectivity index (χ1) is 10.6. The van der Waals surface area contributed by atoms with Crippen LogP contribution in [0.5, 0.6) is 11.5 Å². The second-order valence-corrected chi connectivity index (χ2v) is 5.95. The zero-order chi connectivity index (χ0) is 15.5. The molecule has 1 aliphatic carbocycles. The van der Waals surface area contributed by atoms with Gasteiger partial charge in [-0.2, -0.15) is 0 Å². The number of phenolic OH excluding ortho intramolecular Hbond substituents is 1. The fraction of sp³-hybridized carbons (Fsp3) is 0.500. The molecule has 1 aliphatic heterocycles. The molecule has 0 spiro atoms. The lowest BCUT2D eigenvalue weighted by atomic mass is 10.1. The van der Waals surface area contributed by atoms with Crippen molar-refractivity contribution in [2.75, 3.05) is 13.2 Å². The predicted octanol–water partition coefficient (Wildman–Crippen LogP) is 1.19. The van der Waals surface area contributed by atoms with Gasteiger partial charge in [0, 0.05) is 24.6 Å². The van der Waals surface area contributed by atoms with Gasteiger partial charge in [-0.3, -0.25) is 9.59 Å². The van der Waals surface area contributed by atoms with Crippen LogP contribution in [0.15, 0.2) is 18.2 Å². The van der Waals surface area contributed by atoms with Crippen molar-refractivity contribution in [2.45, 2.75) is 31.7 Å². The van der Waals surface area contributed by atoms with Gasteiger partial charge in [-0.15, -0.1) is 0 Å². The van der Waals surface area contributed by atoms with Crippen LogP contribution in [0.4, 0.5) is 0 Å². The maximum Gasteiger partial charge on any atom is 0.251 e. The molecule has 0 aromatic heterocycles. The molecule has 22 heavy (non-hydrogen) atoms. The van der Waals surface area contributed by atoms with Crippen LogP contribution in [0.1, 0.15) is 36.0 Å². The van der Waals surface area contributed by atoms with Crippen LogP contribution in [-0.2, 0) is 4.79 Å². The molecule has 0 bridgehead atoms. The molecular weight excluding hydrogens is 284 g/mol. The third kappa shape index (κ3) is 3.69. The summed E-state index contributed by atoms with van der Waals surface area (Å²) in [7, 11) is 0. The molecule has 0 unspecified atom stereocenters. The van der Waals surface area contributed by atoms with E-state index in [4.69, 9.17) is 4.74 Å². The molecule has 1 atom stereocenters. The summed E-state index contributed by atoms with van der Waals surface area (Å²) in [6, 6.07) is 4.54. The van der Waals surface area contributed by atoms with Gasteiger partial charge in [-0.1, -0.05) is 0 Å². The highest BCUT2D eigenvalue weighted by Gasteiger charge is 2.23. The van der Waals surface area contributed by atoms with Crippen LogP contribution in [0.2, 0.25) is 0 Å². The highest BCUT2D eigenvalue weighted by Crippen LogP contribution is 2.32. The summed E-state index contributed by atoms with van der Waals surface area (Å²) >= 11 is 0. The Kier molecular flexibility index (Phi) is 4.18. The molecule has 1 saturated carbocycles. The van der Waals surface area contributed by atoms with Gasteiger partial charge in [0.1, 0.15) is 0 Å². The highest BCUT2D eigenvalue weighted by atomic mass is 16.5. The minimum absolute atomic E-state index is 0.0193. The average molecular weight is 304 g/mol. The van der Waals surface area contributed by atoms with E-state index in [0.717, 1.165) is 12.8 Å². The highest BCUT2D eigenvalue weighted by molar-refractivity contribution is 5.95. The number of carbonyl (C=O) groups is 2. The van der Waals surface area contributed by atoms with Gasteiger partial charge < -0.3 is 20.5 Å². The molecule has 118 valence electrons. The first-order valence-electron chi connectivity index (χ1n) is 7.65. The molecule has 1 aromatic rings. The van der Waals surface area contributed by atoms with E-state index in [0.29, 0.717) is 43.2 Å². The van der Waals surface area contributed by atoms with E-state index in [1.54, 1.807) is 12.1 Å². The topological polar surface area (TPSA) is 87.7 Å². The molecule has 1 heterocycles. The molecule has 1 aromatic carbocycles. The number of nitrogens with one attached hydrogen (secondary N) is 2. The molecule has 6 nitrogen and oxygen atoms in total. The molecule has 2 amide bonds. The summed E-state index contributed by atoms with van der Waals surface area (Å²) in [4.78, 5) is 23.4. The lowest BCUT2D eigenvalue weighted by Crippen LogP contribution is -2.47. The number of piperidine rings is 1. The normalized spacial score (nSPS) is 21.1. The molecule has 0 radical (unpaired) electrons. The zero-order valence-corrected chi connectivity index (χ0v) is 12.3. The number of hydrogen-bond acceptors (Lipinski definition) is 4. The van der Waals surface area contributed by atoms with Crippen molar-refractivity contribution in [3.63, 3.8) is 0 Å². The Hall–Kier alpha value is -2.24. The third-order valence-electron chi connectivity index (χ3n) is 3.99. The minimum Gasteiger partial charge on any atom is -0.504 e. The molecule has 3 N–H and O–H groups in total. The van der Waals surface area contributed by atoms with Gasteiger partial charge in [-0.05, 0) is 43.4 Å². The van der Waals surface area contributed by atoms with Crippen LogP contribution < -0.4 is 15.4 Å². The third-order valence-corrected chi connectivity index (χ3v) is 3.99. The lowest BCUT2D eigenvalue weighted by Gasteiger charge is -2.23. The van der Waals surface area contributed by atoms with E-state index in [2.05, 4.69) is 10.6 Å². The summed E-state index contributed by atoms with van der Waals surface area (Å²) < 4.78 is 5.57. The van der Waals surface area contributed by atoms with Crippen LogP contribution in [0.3, 0.4) is 0 Å². The van der Waals surface area contributed by atoms with Gasteiger partial charge in [0.15, 0.2) is 11.5 Å². The summed E-state index contributed by atoms with van der Waals surface area (Å²) in [5, 5.41) is 15.4. The first-order valence-corrected chi connectivity index (χ1v) is 7.65. The van der Waals surface area contributed by atoms with Crippen molar-refractivity contribution in [2.24, 2.45) is 5.92 Å². The number of aromatic hydroxyl groups is 1. The fourth-order valence-corrected chi connectivity index (χ4v) is 2.39. The zero-order valence-electron chi connectivity index (χ0n) is 12.3. The second-order valence-electron chi connectivity index (χ2n) is 5.95. The minimum atomic E-state index is -0.225. The molecule has 2 fully saturated rings. The average Bonchev–Trinajstić information content (AvgIpc) is 3.33. The van der Waals surface area contributed by atoms with E-state index in [9.17, 15) is 14.7 Å². The van der Waals surface area contributed by atoms with Gasteiger partial charge in [-0.25, -0.2) is 0 Å². The smallest absolute Gasteiger partial charge is 0.251 e.